The second-order valence-corrected chi connectivity index (χ2v) is 8.20. The minimum absolute atomic E-state index is 0.248. The van der Waals surface area contributed by atoms with Gasteiger partial charge in [-0.25, -0.2) is 14.4 Å². The number of rotatable bonds is 6. The van der Waals surface area contributed by atoms with Crippen LogP contribution in [-0.4, -0.2) is 38.5 Å². The summed E-state index contributed by atoms with van der Waals surface area (Å²) in [5.74, 6) is -1.63. The smallest absolute Gasteiger partial charge is 0.313 e. The molecule has 0 spiro atoms. The highest BCUT2D eigenvalue weighted by molar-refractivity contribution is 7.99. The Morgan fingerprint density at radius 2 is 2.27 bits per heavy atom. The predicted octanol–water partition coefficient (Wildman–Crippen LogP) is 4.06. The minimum atomic E-state index is -1.02. The van der Waals surface area contributed by atoms with E-state index in [2.05, 4.69) is 9.97 Å². The Morgan fingerprint density at radius 1 is 1.43 bits per heavy atom. The van der Waals surface area contributed by atoms with E-state index in [0.29, 0.717) is 21.8 Å². The number of hydrogen-bond donors (Lipinski definition) is 1. The van der Waals surface area contributed by atoms with Gasteiger partial charge in [-0.1, -0.05) is 35.2 Å². The van der Waals surface area contributed by atoms with Gasteiger partial charge in [-0.05, 0) is 30.7 Å². The zero-order valence-corrected chi connectivity index (χ0v) is 17.4. The number of ether oxygens (including phenoxy) is 1. The largest absolute Gasteiger partial charge is 0.481 e. The van der Waals surface area contributed by atoms with Gasteiger partial charge in [-0.15, -0.1) is 0 Å². The molecular formula is C20H16FN3O4S2. The first-order valence-electron chi connectivity index (χ1n) is 8.91. The highest BCUT2D eigenvalue weighted by Gasteiger charge is 2.20. The number of fused-ring (bicyclic) bond motifs is 1. The van der Waals surface area contributed by atoms with Crippen LogP contribution in [0.3, 0.4) is 0 Å². The first kappa shape index (κ1) is 20.3. The van der Waals surface area contributed by atoms with Gasteiger partial charge in [0.05, 0.1) is 35.5 Å². The molecule has 0 fully saturated rings. The van der Waals surface area contributed by atoms with Gasteiger partial charge in [0.2, 0.25) is 0 Å². The van der Waals surface area contributed by atoms with Crippen LogP contribution in [0.1, 0.15) is 12.5 Å². The number of aliphatic carboxylic acids is 1. The Balaban J connectivity index is 1.83. The van der Waals surface area contributed by atoms with E-state index in [1.54, 1.807) is 31.4 Å². The Hall–Kier alpha value is -2.98. The number of thioether (sulfide) groups is 1. The molecule has 154 valence electrons. The number of hydrogen-bond acceptors (Lipinski definition) is 7. The van der Waals surface area contributed by atoms with Crippen molar-refractivity contribution in [3.63, 3.8) is 0 Å². The van der Waals surface area contributed by atoms with Crippen LogP contribution < -0.4 is 10.3 Å². The maximum absolute atomic E-state index is 13.4. The molecule has 1 aliphatic rings. The van der Waals surface area contributed by atoms with E-state index >= 15 is 0 Å². The number of thiazole rings is 1. The average molecular weight is 445 g/mol. The number of methoxy groups -OCH3 is 1. The molecule has 0 saturated heterocycles. The van der Waals surface area contributed by atoms with E-state index in [1.807, 2.05) is 5.38 Å². The van der Waals surface area contributed by atoms with Crippen LogP contribution in [-0.2, 0) is 4.79 Å². The number of carboxylic acids is 1. The molecule has 1 unspecified atom stereocenters. The standard InChI is InChI=1S/C20H16FN3O4S2/c1-28-20-23-16(9-30-20)11-2-7-14-15(8-11)22-19(29-10-17(25)26)24(18(14)27)13-5-3-12(21)4-6-13/h2-5,7-9,13H,6,10H2,1H3,(H,25,26). The summed E-state index contributed by atoms with van der Waals surface area (Å²) < 4.78 is 19.9. The molecule has 30 heavy (non-hydrogen) atoms. The van der Waals surface area contributed by atoms with Crippen molar-refractivity contribution in [2.24, 2.45) is 0 Å². The van der Waals surface area contributed by atoms with Crippen molar-refractivity contribution in [3.8, 4) is 16.5 Å². The van der Waals surface area contributed by atoms with Crippen molar-refractivity contribution in [1.29, 1.82) is 0 Å². The van der Waals surface area contributed by atoms with E-state index in [1.165, 1.54) is 28.1 Å². The summed E-state index contributed by atoms with van der Waals surface area (Å²) in [5.41, 5.74) is 1.60. The van der Waals surface area contributed by atoms with Crippen molar-refractivity contribution in [2.75, 3.05) is 12.9 Å². The molecule has 2 aromatic heterocycles. The number of benzene rings is 1. The fraction of sp³-hybridized carbons (Fsp3) is 0.200. The van der Waals surface area contributed by atoms with E-state index in [-0.39, 0.29) is 28.7 Å². The van der Waals surface area contributed by atoms with E-state index in [4.69, 9.17) is 9.84 Å². The maximum atomic E-state index is 13.4. The zero-order chi connectivity index (χ0) is 21.3. The summed E-state index contributed by atoms with van der Waals surface area (Å²) in [4.78, 5) is 33.3. The van der Waals surface area contributed by atoms with Crippen LogP contribution in [0, 0.1) is 0 Å². The van der Waals surface area contributed by atoms with E-state index < -0.39 is 12.0 Å². The quantitative estimate of drug-likeness (QED) is 0.452. The lowest BCUT2D eigenvalue weighted by atomic mass is 10.1. The zero-order valence-electron chi connectivity index (χ0n) is 15.7. The molecule has 0 aliphatic heterocycles. The van der Waals surface area contributed by atoms with E-state index in [9.17, 15) is 14.0 Å². The van der Waals surface area contributed by atoms with Crippen LogP contribution in [0.4, 0.5) is 4.39 Å². The normalized spacial score (nSPS) is 15.9. The monoisotopic (exact) mass is 445 g/mol. The summed E-state index contributed by atoms with van der Waals surface area (Å²) in [5, 5.41) is 12.1. The molecule has 10 heteroatoms. The van der Waals surface area contributed by atoms with Crippen molar-refractivity contribution in [3.05, 3.63) is 58.0 Å². The highest BCUT2D eigenvalue weighted by Crippen LogP contribution is 2.30. The molecule has 3 aromatic rings. The number of allylic oxidation sites excluding steroid dienone is 4. The molecule has 4 rings (SSSR count). The van der Waals surface area contributed by atoms with Crippen LogP contribution >= 0.6 is 23.1 Å². The number of carbonyl (C=O) groups is 1. The Morgan fingerprint density at radius 3 is 2.93 bits per heavy atom. The van der Waals surface area contributed by atoms with Crippen LogP contribution in [0.2, 0.25) is 0 Å². The molecule has 7 nitrogen and oxygen atoms in total. The number of aromatic nitrogens is 3. The predicted molar refractivity (Wildman–Crippen MR) is 114 cm³/mol. The van der Waals surface area contributed by atoms with Crippen LogP contribution in [0.15, 0.2) is 57.6 Å². The van der Waals surface area contributed by atoms with Gasteiger partial charge in [-0.3, -0.25) is 14.2 Å². The van der Waals surface area contributed by atoms with Crippen molar-refractivity contribution in [2.45, 2.75) is 17.6 Å². The summed E-state index contributed by atoms with van der Waals surface area (Å²) in [6, 6.07) is 4.77. The first-order valence-corrected chi connectivity index (χ1v) is 10.8. The van der Waals surface area contributed by atoms with Crippen LogP contribution in [0.25, 0.3) is 22.2 Å². The summed E-state index contributed by atoms with van der Waals surface area (Å²) in [6.07, 6.45) is 4.57. The topological polar surface area (TPSA) is 94.3 Å². The second-order valence-electron chi connectivity index (χ2n) is 6.44. The molecule has 1 aromatic carbocycles. The maximum Gasteiger partial charge on any atom is 0.313 e. The minimum Gasteiger partial charge on any atom is -0.481 e. The molecule has 1 N–H and O–H groups in total. The van der Waals surface area contributed by atoms with Gasteiger partial charge < -0.3 is 9.84 Å². The highest BCUT2D eigenvalue weighted by atomic mass is 32.2. The van der Waals surface area contributed by atoms with Gasteiger partial charge in [0.15, 0.2) is 5.16 Å². The molecule has 0 saturated carbocycles. The third-order valence-electron chi connectivity index (χ3n) is 4.51. The number of nitrogens with zero attached hydrogens (tertiary/aromatic N) is 3. The Labute approximate surface area is 178 Å². The number of carboxylic acid groups (broad SMARTS) is 1. The Bertz CT molecular complexity index is 1250. The molecule has 1 atom stereocenters. The Kier molecular flexibility index (Phi) is 5.69. The van der Waals surface area contributed by atoms with Gasteiger partial charge in [0.25, 0.3) is 10.8 Å². The van der Waals surface area contributed by atoms with Crippen molar-refractivity contribution < 1.29 is 19.0 Å². The van der Waals surface area contributed by atoms with Gasteiger partial charge in [0, 0.05) is 10.9 Å². The van der Waals surface area contributed by atoms with Crippen LogP contribution in [0.5, 0.6) is 5.19 Å². The third kappa shape index (κ3) is 4.01. The van der Waals surface area contributed by atoms with Crippen molar-refractivity contribution in [1.82, 2.24) is 14.5 Å². The first-order chi connectivity index (χ1) is 14.5. The van der Waals surface area contributed by atoms with Gasteiger partial charge in [0.1, 0.15) is 5.83 Å². The summed E-state index contributed by atoms with van der Waals surface area (Å²) in [6.45, 7) is 0. The summed E-state index contributed by atoms with van der Waals surface area (Å²) >= 11 is 2.31. The van der Waals surface area contributed by atoms with Gasteiger partial charge >= 0.3 is 5.97 Å². The lowest BCUT2D eigenvalue weighted by Gasteiger charge is -2.20. The molecule has 1 aliphatic carbocycles. The molecule has 0 amide bonds. The average Bonchev–Trinajstić information content (AvgIpc) is 3.22. The second kappa shape index (κ2) is 8.41. The van der Waals surface area contributed by atoms with Crippen molar-refractivity contribution >= 4 is 40.0 Å². The fourth-order valence-electron chi connectivity index (χ4n) is 3.12. The lowest BCUT2D eigenvalue weighted by Crippen LogP contribution is -2.27. The molecule has 2 heterocycles. The number of halogens is 1. The molecule has 0 radical (unpaired) electrons. The SMILES string of the molecule is COc1nc(-c2ccc3c(=O)n(C4C=CC(F)=CC4)c(SCC(=O)O)nc3c2)cs1. The van der Waals surface area contributed by atoms with Gasteiger partial charge in [-0.2, -0.15) is 0 Å². The fourth-order valence-corrected chi connectivity index (χ4v) is 4.54. The lowest BCUT2D eigenvalue weighted by molar-refractivity contribution is -0.133. The van der Waals surface area contributed by atoms with E-state index in [0.717, 1.165) is 17.3 Å². The third-order valence-corrected chi connectivity index (χ3v) is 6.25. The summed E-state index contributed by atoms with van der Waals surface area (Å²) in [7, 11) is 1.54. The molecular weight excluding hydrogens is 429 g/mol. The molecule has 0 bridgehead atoms.